The van der Waals surface area contributed by atoms with Crippen LogP contribution in [-0.2, 0) is 11.2 Å². The second-order valence-electron chi connectivity index (χ2n) is 4.44. The lowest BCUT2D eigenvalue weighted by Crippen LogP contribution is -2.44. The van der Waals surface area contributed by atoms with Gasteiger partial charge < -0.3 is 10.1 Å². The summed E-state index contributed by atoms with van der Waals surface area (Å²) in [5.74, 6) is -0.169. The molecule has 1 aliphatic rings. The summed E-state index contributed by atoms with van der Waals surface area (Å²) in [7, 11) is 1.75. The van der Waals surface area contributed by atoms with Gasteiger partial charge in [0.1, 0.15) is 5.82 Å². The topological polar surface area (TPSA) is 21.3 Å². The molecule has 0 spiro atoms. The number of benzene rings is 1. The average molecular weight is 223 g/mol. The summed E-state index contributed by atoms with van der Waals surface area (Å²) >= 11 is 0. The Morgan fingerprint density at radius 2 is 2.12 bits per heavy atom. The molecule has 3 heteroatoms. The van der Waals surface area contributed by atoms with Crippen molar-refractivity contribution in [3.8, 4) is 0 Å². The van der Waals surface area contributed by atoms with Gasteiger partial charge in [-0.3, -0.25) is 0 Å². The van der Waals surface area contributed by atoms with Gasteiger partial charge in [-0.1, -0.05) is 12.1 Å². The van der Waals surface area contributed by atoms with Crippen LogP contribution in [0.3, 0.4) is 0 Å². The van der Waals surface area contributed by atoms with Gasteiger partial charge in [0.25, 0.3) is 0 Å². The molecule has 0 unspecified atom stereocenters. The lowest BCUT2D eigenvalue weighted by Gasteiger charge is -2.36. The summed E-state index contributed by atoms with van der Waals surface area (Å²) in [6.07, 6.45) is 2.77. The van der Waals surface area contributed by atoms with Crippen molar-refractivity contribution in [3.63, 3.8) is 0 Å². The van der Waals surface area contributed by atoms with Gasteiger partial charge in [0.15, 0.2) is 0 Å². The number of hydrogen-bond donors (Lipinski definition) is 1. The van der Waals surface area contributed by atoms with E-state index in [4.69, 9.17) is 4.74 Å². The number of methoxy groups -OCH3 is 1. The molecule has 2 nitrogen and oxygen atoms in total. The summed E-state index contributed by atoms with van der Waals surface area (Å²) in [5, 5.41) is 3.32. The Kier molecular flexibility index (Phi) is 3.56. The van der Waals surface area contributed by atoms with E-state index >= 15 is 0 Å². The third-order valence-corrected chi connectivity index (χ3v) is 3.36. The first-order chi connectivity index (χ1) is 7.74. The van der Waals surface area contributed by atoms with Crippen molar-refractivity contribution in [2.75, 3.05) is 20.2 Å². The SMILES string of the molecule is COC1(Cc2cccc(F)c2)CCNCC1. The third kappa shape index (κ3) is 2.60. The third-order valence-electron chi connectivity index (χ3n) is 3.36. The summed E-state index contributed by atoms with van der Waals surface area (Å²) in [6, 6.07) is 6.80. The minimum atomic E-state index is -0.169. The van der Waals surface area contributed by atoms with E-state index in [0.717, 1.165) is 37.9 Å². The summed E-state index contributed by atoms with van der Waals surface area (Å²) in [6.45, 7) is 1.95. The molecule has 88 valence electrons. The van der Waals surface area contributed by atoms with Gasteiger partial charge in [-0.15, -0.1) is 0 Å². The molecule has 2 rings (SSSR count). The monoisotopic (exact) mass is 223 g/mol. The first kappa shape index (κ1) is 11.6. The van der Waals surface area contributed by atoms with Crippen LogP contribution >= 0.6 is 0 Å². The quantitative estimate of drug-likeness (QED) is 0.847. The van der Waals surface area contributed by atoms with Gasteiger partial charge in [-0.25, -0.2) is 4.39 Å². The molecule has 0 atom stereocenters. The first-order valence-corrected chi connectivity index (χ1v) is 5.74. The minimum Gasteiger partial charge on any atom is -0.378 e. The van der Waals surface area contributed by atoms with Crippen LogP contribution in [0.4, 0.5) is 4.39 Å². The van der Waals surface area contributed by atoms with E-state index < -0.39 is 0 Å². The average Bonchev–Trinajstić information content (AvgIpc) is 2.30. The molecule has 1 fully saturated rings. The maximum atomic E-state index is 13.1. The fourth-order valence-corrected chi connectivity index (χ4v) is 2.35. The molecule has 0 radical (unpaired) electrons. The van der Waals surface area contributed by atoms with Crippen LogP contribution < -0.4 is 5.32 Å². The highest BCUT2D eigenvalue weighted by Gasteiger charge is 2.31. The molecular formula is C13H18FNO. The van der Waals surface area contributed by atoms with Crippen molar-refractivity contribution in [2.45, 2.75) is 24.9 Å². The van der Waals surface area contributed by atoms with Crippen molar-refractivity contribution in [3.05, 3.63) is 35.6 Å². The van der Waals surface area contributed by atoms with Crippen LogP contribution in [0.15, 0.2) is 24.3 Å². The molecule has 1 aliphatic heterocycles. The minimum absolute atomic E-state index is 0.112. The van der Waals surface area contributed by atoms with Crippen molar-refractivity contribution >= 4 is 0 Å². The van der Waals surface area contributed by atoms with Crippen molar-refractivity contribution < 1.29 is 9.13 Å². The maximum absolute atomic E-state index is 13.1. The van der Waals surface area contributed by atoms with E-state index in [2.05, 4.69) is 5.32 Å². The number of hydrogen-bond acceptors (Lipinski definition) is 2. The van der Waals surface area contributed by atoms with Crippen molar-refractivity contribution in [2.24, 2.45) is 0 Å². The summed E-state index contributed by atoms with van der Waals surface area (Å²) in [5.41, 5.74) is 0.905. The van der Waals surface area contributed by atoms with Crippen molar-refractivity contribution in [1.82, 2.24) is 5.32 Å². The van der Waals surface area contributed by atoms with E-state index in [1.807, 2.05) is 6.07 Å². The Hall–Kier alpha value is -0.930. The molecule has 0 aliphatic carbocycles. The fraction of sp³-hybridized carbons (Fsp3) is 0.538. The zero-order chi connectivity index (χ0) is 11.4. The van der Waals surface area contributed by atoms with E-state index in [-0.39, 0.29) is 11.4 Å². The molecule has 1 saturated heterocycles. The maximum Gasteiger partial charge on any atom is 0.123 e. The Morgan fingerprint density at radius 1 is 1.38 bits per heavy atom. The number of ether oxygens (including phenoxy) is 1. The second kappa shape index (κ2) is 4.93. The molecular weight excluding hydrogens is 205 g/mol. The van der Waals surface area contributed by atoms with Crippen LogP contribution in [0.5, 0.6) is 0 Å². The molecule has 1 aromatic rings. The lowest BCUT2D eigenvalue weighted by molar-refractivity contribution is -0.0334. The van der Waals surface area contributed by atoms with Gasteiger partial charge in [0, 0.05) is 13.5 Å². The van der Waals surface area contributed by atoms with Gasteiger partial charge in [-0.05, 0) is 43.6 Å². The smallest absolute Gasteiger partial charge is 0.123 e. The normalized spacial score (nSPS) is 19.6. The second-order valence-corrected chi connectivity index (χ2v) is 4.44. The van der Waals surface area contributed by atoms with Gasteiger partial charge >= 0.3 is 0 Å². The Morgan fingerprint density at radius 3 is 2.75 bits per heavy atom. The Bertz CT molecular complexity index is 348. The first-order valence-electron chi connectivity index (χ1n) is 5.74. The standard InChI is InChI=1S/C13H18FNO/c1-16-13(5-7-15-8-6-13)10-11-3-2-4-12(14)9-11/h2-4,9,15H,5-8,10H2,1H3. The molecule has 0 aromatic heterocycles. The van der Waals surface area contributed by atoms with E-state index in [9.17, 15) is 4.39 Å². The van der Waals surface area contributed by atoms with Crippen LogP contribution in [0.1, 0.15) is 18.4 Å². The van der Waals surface area contributed by atoms with Crippen LogP contribution in [-0.4, -0.2) is 25.8 Å². The molecule has 1 heterocycles. The summed E-state index contributed by atoms with van der Waals surface area (Å²) < 4.78 is 18.8. The van der Waals surface area contributed by atoms with Gasteiger partial charge in [0.2, 0.25) is 0 Å². The number of rotatable bonds is 3. The fourth-order valence-electron chi connectivity index (χ4n) is 2.35. The van der Waals surface area contributed by atoms with Crippen molar-refractivity contribution in [1.29, 1.82) is 0 Å². The Labute approximate surface area is 95.8 Å². The lowest BCUT2D eigenvalue weighted by atomic mass is 9.86. The predicted octanol–water partition coefficient (Wildman–Crippen LogP) is 2.14. The van der Waals surface area contributed by atoms with Crippen LogP contribution in [0.25, 0.3) is 0 Å². The van der Waals surface area contributed by atoms with E-state index in [0.29, 0.717) is 0 Å². The highest BCUT2D eigenvalue weighted by molar-refractivity contribution is 5.19. The molecule has 1 N–H and O–H groups in total. The summed E-state index contributed by atoms with van der Waals surface area (Å²) in [4.78, 5) is 0. The molecule has 1 aromatic carbocycles. The van der Waals surface area contributed by atoms with E-state index in [1.165, 1.54) is 6.07 Å². The zero-order valence-electron chi connectivity index (χ0n) is 9.63. The largest absolute Gasteiger partial charge is 0.378 e. The molecule has 16 heavy (non-hydrogen) atoms. The zero-order valence-corrected chi connectivity index (χ0v) is 9.63. The number of piperidine rings is 1. The molecule has 0 bridgehead atoms. The molecule has 0 amide bonds. The molecule has 0 saturated carbocycles. The Balaban J connectivity index is 2.11. The van der Waals surface area contributed by atoms with Crippen LogP contribution in [0, 0.1) is 5.82 Å². The number of halogens is 1. The number of nitrogens with one attached hydrogen (secondary N) is 1. The highest BCUT2D eigenvalue weighted by atomic mass is 19.1. The van der Waals surface area contributed by atoms with E-state index in [1.54, 1.807) is 19.2 Å². The van der Waals surface area contributed by atoms with Gasteiger partial charge in [-0.2, -0.15) is 0 Å². The predicted molar refractivity (Wildman–Crippen MR) is 61.9 cm³/mol. The van der Waals surface area contributed by atoms with Gasteiger partial charge in [0.05, 0.1) is 5.60 Å². The van der Waals surface area contributed by atoms with Crippen LogP contribution in [0.2, 0.25) is 0 Å². The highest BCUT2D eigenvalue weighted by Crippen LogP contribution is 2.27.